The van der Waals surface area contributed by atoms with E-state index in [1.165, 1.54) is 12.3 Å². The predicted octanol–water partition coefficient (Wildman–Crippen LogP) is 3.30. The Bertz CT molecular complexity index is 584. The van der Waals surface area contributed by atoms with E-state index in [0.717, 1.165) is 0 Å². The number of anilines is 1. The lowest BCUT2D eigenvalue weighted by Crippen LogP contribution is -2.13. The molecule has 0 aromatic carbocycles. The van der Waals surface area contributed by atoms with Crippen molar-refractivity contribution in [3.8, 4) is 0 Å². The van der Waals surface area contributed by atoms with Gasteiger partial charge in [0.1, 0.15) is 5.76 Å². The summed E-state index contributed by atoms with van der Waals surface area (Å²) in [6, 6.07) is 4.96. The summed E-state index contributed by atoms with van der Waals surface area (Å²) in [5.41, 5.74) is -0.0736. The molecule has 0 radical (unpaired) electrons. The molecule has 0 saturated heterocycles. The van der Waals surface area contributed by atoms with Crippen molar-refractivity contribution in [1.82, 2.24) is 4.98 Å². The minimum atomic E-state index is -0.295. The van der Waals surface area contributed by atoms with Crippen LogP contribution in [0, 0.1) is 4.91 Å². The molecule has 0 aliphatic carbocycles. The third kappa shape index (κ3) is 3.38. The first-order valence-electron chi connectivity index (χ1n) is 5.51. The van der Waals surface area contributed by atoms with E-state index in [0.29, 0.717) is 12.2 Å². The Hall–Kier alpha value is -2.21. The number of nitrogens with zero attached hydrogens (tertiary/aromatic N) is 2. The van der Waals surface area contributed by atoms with Gasteiger partial charge in [0, 0.05) is 19.0 Å². The van der Waals surface area contributed by atoms with E-state index in [9.17, 15) is 9.70 Å². The van der Waals surface area contributed by atoms with Crippen molar-refractivity contribution in [1.29, 1.82) is 0 Å². The zero-order valence-corrected chi connectivity index (χ0v) is 10.6. The molecule has 6 nitrogen and oxygen atoms in total. The molecule has 0 unspecified atom stereocenters. The van der Waals surface area contributed by atoms with Gasteiger partial charge in [-0.3, -0.25) is 4.79 Å². The first kappa shape index (κ1) is 13.2. The van der Waals surface area contributed by atoms with Gasteiger partial charge in [0.25, 0.3) is 0 Å². The quantitative estimate of drug-likeness (QED) is 0.851. The molecule has 1 N–H and O–H groups in total. The monoisotopic (exact) mass is 279 g/mol. The van der Waals surface area contributed by atoms with Crippen molar-refractivity contribution in [2.45, 2.75) is 12.8 Å². The van der Waals surface area contributed by atoms with Gasteiger partial charge in [-0.1, -0.05) is 11.6 Å². The summed E-state index contributed by atoms with van der Waals surface area (Å²) in [6.07, 6.45) is 3.60. The van der Waals surface area contributed by atoms with Gasteiger partial charge < -0.3 is 9.73 Å². The fourth-order valence-electron chi connectivity index (χ4n) is 1.49. The molecule has 0 fully saturated rings. The van der Waals surface area contributed by atoms with Crippen LogP contribution in [0.5, 0.6) is 0 Å². The van der Waals surface area contributed by atoms with Gasteiger partial charge in [-0.15, -0.1) is 4.91 Å². The van der Waals surface area contributed by atoms with E-state index in [-0.39, 0.29) is 28.9 Å². The molecule has 7 heteroatoms. The normalized spacial score (nSPS) is 10.2. The zero-order chi connectivity index (χ0) is 13.7. The van der Waals surface area contributed by atoms with Crippen molar-refractivity contribution in [2.75, 3.05) is 5.32 Å². The number of carbonyl (C=O) groups is 1. The number of aryl methyl sites for hydroxylation is 1. The lowest BCUT2D eigenvalue weighted by Gasteiger charge is -2.05. The summed E-state index contributed by atoms with van der Waals surface area (Å²) >= 11 is 5.77. The second-order valence-electron chi connectivity index (χ2n) is 3.71. The van der Waals surface area contributed by atoms with Gasteiger partial charge in [0.05, 0.1) is 11.3 Å². The van der Waals surface area contributed by atoms with Crippen molar-refractivity contribution in [3.63, 3.8) is 0 Å². The summed E-state index contributed by atoms with van der Waals surface area (Å²) in [7, 11) is 0. The van der Waals surface area contributed by atoms with Crippen molar-refractivity contribution >= 4 is 29.0 Å². The number of pyridine rings is 1. The minimum Gasteiger partial charge on any atom is -0.469 e. The molecule has 98 valence electrons. The zero-order valence-electron chi connectivity index (χ0n) is 9.80. The van der Waals surface area contributed by atoms with E-state index in [4.69, 9.17) is 16.0 Å². The Morgan fingerprint density at radius 3 is 3.00 bits per heavy atom. The number of hydrogen-bond donors (Lipinski definition) is 1. The fraction of sp³-hybridized carbons (Fsp3) is 0.167. The summed E-state index contributed by atoms with van der Waals surface area (Å²) in [5.74, 6) is 0.478. The number of furan rings is 1. The maximum absolute atomic E-state index is 11.7. The third-order valence-electron chi connectivity index (χ3n) is 2.40. The Balaban J connectivity index is 1.99. The van der Waals surface area contributed by atoms with Gasteiger partial charge in [-0.2, -0.15) is 0 Å². The van der Waals surface area contributed by atoms with Crippen LogP contribution in [0.2, 0.25) is 5.02 Å². The number of aromatic nitrogens is 1. The number of rotatable bonds is 5. The Morgan fingerprint density at radius 1 is 1.47 bits per heavy atom. The highest BCUT2D eigenvalue weighted by Gasteiger charge is 2.12. The van der Waals surface area contributed by atoms with Gasteiger partial charge in [-0.25, -0.2) is 4.98 Å². The Morgan fingerprint density at radius 2 is 2.32 bits per heavy atom. The SMILES string of the molecule is O=Nc1c(Cl)ccnc1NC(=O)CCc1ccco1. The maximum atomic E-state index is 11.7. The molecule has 1 amide bonds. The number of halogens is 1. The summed E-state index contributed by atoms with van der Waals surface area (Å²) in [6.45, 7) is 0. The summed E-state index contributed by atoms with van der Waals surface area (Å²) in [4.78, 5) is 26.2. The third-order valence-corrected chi connectivity index (χ3v) is 2.71. The van der Waals surface area contributed by atoms with E-state index < -0.39 is 0 Å². The number of carbonyl (C=O) groups excluding carboxylic acids is 1. The second-order valence-corrected chi connectivity index (χ2v) is 4.12. The summed E-state index contributed by atoms with van der Waals surface area (Å²) in [5, 5.41) is 5.40. The van der Waals surface area contributed by atoms with E-state index in [2.05, 4.69) is 15.5 Å². The number of nitrogens with one attached hydrogen (secondary N) is 1. The van der Waals surface area contributed by atoms with Gasteiger partial charge in [-0.05, 0) is 23.4 Å². The smallest absolute Gasteiger partial charge is 0.226 e. The fourth-order valence-corrected chi connectivity index (χ4v) is 1.68. The highest BCUT2D eigenvalue weighted by molar-refractivity contribution is 6.33. The molecular formula is C12H10ClN3O3. The summed E-state index contributed by atoms with van der Waals surface area (Å²) < 4.78 is 5.11. The molecule has 0 saturated carbocycles. The van der Waals surface area contributed by atoms with E-state index in [1.54, 1.807) is 18.4 Å². The van der Waals surface area contributed by atoms with Gasteiger partial charge in [0.2, 0.25) is 5.91 Å². The highest BCUT2D eigenvalue weighted by atomic mass is 35.5. The molecule has 2 heterocycles. The average molecular weight is 280 g/mol. The molecule has 19 heavy (non-hydrogen) atoms. The van der Waals surface area contributed by atoms with Crippen molar-refractivity contribution in [2.24, 2.45) is 5.18 Å². The predicted molar refractivity (Wildman–Crippen MR) is 70.4 cm³/mol. The van der Waals surface area contributed by atoms with Crippen LogP contribution in [-0.2, 0) is 11.2 Å². The van der Waals surface area contributed by atoms with Crippen LogP contribution >= 0.6 is 11.6 Å². The molecule has 0 aliphatic heterocycles. The van der Waals surface area contributed by atoms with Crippen LogP contribution in [-0.4, -0.2) is 10.9 Å². The Labute approximate surface area is 113 Å². The van der Waals surface area contributed by atoms with Crippen LogP contribution in [0.4, 0.5) is 11.5 Å². The van der Waals surface area contributed by atoms with Gasteiger partial charge in [0.15, 0.2) is 11.5 Å². The topological polar surface area (TPSA) is 84.6 Å². The first-order valence-corrected chi connectivity index (χ1v) is 5.88. The molecule has 2 aromatic rings. The molecule has 0 atom stereocenters. The minimum absolute atomic E-state index is 0.0620. The van der Waals surface area contributed by atoms with Crippen LogP contribution in [0.25, 0.3) is 0 Å². The lowest BCUT2D eigenvalue weighted by atomic mass is 10.2. The van der Waals surface area contributed by atoms with Crippen LogP contribution in [0.3, 0.4) is 0 Å². The lowest BCUT2D eigenvalue weighted by molar-refractivity contribution is -0.116. The average Bonchev–Trinajstić information content (AvgIpc) is 2.90. The molecular weight excluding hydrogens is 270 g/mol. The standard InChI is InChI=1S/C12H10ClN3O3/c13-9-5-6-14-12(11(9)16-18)15-10(17)4-3-8-2-1-7-19-8/h1-2,5-7H,3-4H2,(H,14,15,17). The molecule has 0 spiro atoms. The van der Waals surface area contributed by atoms with Crippen LogP contribution in [0.1, 0.15) is 12.2 Å². The van der Waals surface area contributed by atoms with Crippen molar-refractivity contribution in [3.05, 3.63) is 46.3 Å². The molecule has 0 aliphatic rings. The highest BCUT2D eigenvalue weighted by Crippen LogP contribution is 2.30. The largest absolute Gasteiger partial charge is 0.469 e. The number of hydrogen-bond acceptors (Lipinski definition) is 5. The number of amides is 1. The maximum Gasteiger partial charge on any atom is 0.226 e. The molecule has 2 aromatic heterocycles. The second kappa shape index (κ2) is 6.10. The Kier molecular flexibility index (Phi) is 4.25. The first-order chi connectivity index (χ1) is 9.20. The van der Waals surface area contributed by atoms with Crippen LogP contribution in [0.15, 0.2) is 40.3 Å². The van der Waals surface area contributed by atoms with E-state index in [1.807, 2.05) is 0 Å². The molecule has 2 rings (SSSR count). The van der Waals surface area contributed by atoms with E-state index >= 15 is 0 Å². The van der Waals surface area contributed by atoms with Crippen molar-refractivity contribution < 1.29 is 9.21 Å². The number of nitroso groups, excluding NO2 is 1. The van der Waals surface area contributed by atoms with Gasteiger partial charge >= 0.3 is 0 Å². The molecule has 0 bridgehead atoms. The van der Waals surface area contributed by atoms with Crippen LogP contribution < -0.4 is 5.32 Å².